The van der Waals surface area contributed by atoms with Gasteiger partial charge in [0.15, 0.2) is 5.11 Å². The van der Waals surface area contributed by atoms with Crippen molar-refractivity contribution in [3.8, 4) is 0 Å². The summed E-state index contributed by atoms with van der Waals surface area (Å²) in [6.45, 7) is 3.72. The Labute approximate surface area is 138 Å². The minimum absolute atomic E-state index is 0.644. The molecule has 0 aliphatic rings. The van der Waals surface area contributed by atoms with E-state index in [1.165, 1.54) is 16.7 Å². The third kappa shape index (κ3) is 5.13. The molecule has 0 radical (unpaired) electrons. The molecule has 0 atom stereocenters. The predicted molar refractivity (Wildman–Crippen MR) is 98.1 cm³/mol. The fraction of sp³-hybridized carbons (Fsp3) is 0.278. The van der Waals surface area contributed by atoms with Crippen molar-refractivity contribution >= 4 is 23.0 Å². The fourth-order valence-corrected chi connectivity index (χ4v) is 2.49. The van der Waals surface area contributed by atoms with Crippen molar-refractivity contribution in [2.24, 2.45) is 0 Å². The number of nitrogens with one attached hydrogen (secondary N) is 2. The second-order valence-electron chi connectivity index (χ2n) is 5.68. The summed E-state index contributed by atoms with van der Waals surface area (Å²) in [5.74, 6) is 0. The van der Waals surface area contributed by atoms with Crippen molar-refractivity contribution in [3.63, 3.8) is 0 Å². The highest BCUT2D eigenvalue weighted by Gasteiger charge is 2.04. The SMILES string of the molecule is Cc1cccc(NC(=S)NCc2ccccc2CN(C)C)c1. The van der Waals surface area contributed by atoms with E-state index in [2.05, 4.69) is 73.0 Å². The van der Waals surface area contributed by atoms with Gasteiger partial charge in [0.1, 0.15) is 0 Å². The maximum Gasteiger partial charge on any atom is 0.171 e. The summed E-state index contributed by atoms with van der Waals surface area (Å²) < 4.78 is 0. The quantitative estimate of drug-likeness (QED) is 0.826. The molecule has 3 nitrogen and oxygen atoms in total. The molecule has 2 rings (SSSR count). The average Bonchev–Trinajstić information content (AvgIpc) is 2.46. The fourth-order valence-electron chi connectivity index (χ4n) is 2.30. The molecule has 4 heteroatoms. The van der Waals surface area contributed by atoms with E-state index < -0.39 is 0 Å². The van der Waals surface area contributed by atoms with E-state index in [1.807, 2.05) is 12.1 Å². The summed E-state index contributed by atoms with van der Waals surface area (Å²) in [5, 5.41) is 7.15. The molecule has 0 bridgehead atoms. The van der Waals surface area contributed by atoms with Crippen LogP contribution >= 0.6 is 12.2 Å². The topological polar surface area (TPSA) is 27.3 Å². The second kappa shape index (κ2) is 7.92. The van der Waals surface area contributed by atoms with Crippen molar-refractivity contribution in [2.75, 3.05) is 19.4 Å². The van der Waals surface area contributed by atoms with Gasteiger partial charge in [-0.2, -0.15) is 0 Å². The molecule has 0 spiro atoms. The molecule has 0 aromatic heterocycles. The lowest BCUT2D eigenvalue weighted by Crippen LogP contribution is -2.28. The van der Waals surface area contributed by atoms with Gasteiger partial charge in [-0.1, -0.05) is 36.4 Å². The Kier molecular flexibility index (Phi) is 5.92. The van der Waals surface area contributed by atoms with Crippen LogP contribution in [0.25, 0.3) is 0 Å². The highest BCUT2D eigenvalue weighted by molar-refractivity contribution is 7.80. The zero-order valence-electron chi connectivity index (χ0n) is 13.4. The lowest BCUT2D eigenvalue weighted by atomic mass is 10.1. The third-order valence-electron chi connectivity index (χ3n) is 3.32. The van der Waals surface area contributed by atoms with Crippen molar-refractivity contribution in [3.05, 3.63) is 65.2 Å². The number of anilines is 1. The van der Waals surface area contributed by atoms with Gasteiger partial charge in [-0.05, 0) is 62.1 Å². The van der Waals surface area contributed by atoms with Crippen LogP contribution in [-0.4, -0.2) is 24.1 Å². The van der Waals surface area contributed by atoms with E-state index >= 15 is 0 Å². The average molecular weight is 313 g/mol. The lowest BCUT2D eigenvalue weighted by molar-refractivity contribution is 0.401. The summed E-state index contributed by atoms with van der Waals surface area (Å²) in [5.41, 5.74) is 4.81. The van der Waals surface area contributed by atoms with Gasteiger partial charge in [-0.3, -0.25) is 0 Å². The molecule has 0 fully saturated rings. The first-order valence-corrected chi connectivity index (χ1v) is 7.78. The number of hydrogen-bond donors (Lipinski definition) is 2. The van der Waals surface area contributed by atoms with Gasteiger partial charge < -0.3 is 15.5 Å². The molecule has 0 aliphatic heterocycles. The second-order valence-corrected chi connectivity index (χ2v) is 6.09. The maximum absolute atomic E-state index is 5.38. The Balaban J connectivity index is 1.94. The summed E-state index contributed by atoms with van der Waals surface area (Å²) in [6.07, 6.45) is 0. The van der Waals surface area contributed by atoms with Crippen LogP contribution in [0.2, 0.25) is 0 Å². The molecular formula is C18H23N3S. The zero-order chi connectivity index (χ0) is 15.9. The molecule has 0 amide bonds. The van der Waals surface area contributed by atoms with E-state index in [4.69, 9.17) is 12.2 Å². The Morgan fingerprint density at radius 2 is 1.77 bits per heavy atom. The Morgan fingerprint density at radius 3 is 2.45 bits per heavy atom. The van der Waals surface area contributed by atoms with Gasteiger partial charge in [0.2, 0.25) is 0 Å². The molecule has 0 heterocycles. The Morgan fingerprint density at radius 1 is 1.05 bits per heavy atom. The first-order chi connectivity index (χ1) is 10.5. The number of nitrogens with zero attached hydrogens (tertiary/aromatic N) is 1. The zero-order valence-corrected chi connectivity index (χ0v) is 14.2. The smallest absolute Gasteiger partial charge is 0.171 e. The first-order valence-electron chi connectivity index (χ1n) is 7.37. The summed E-state index contributed by atoms with van der Waals surface area (Å²) in [4.78, 5) is 2.17. The molecule has 0 saturated heterocycles. The van der Waals surface area contributed by atoms with Gasteiger partial charge in [0.05, 0.1) is 0 Å². The predicted octanol–water partition coefficient (Wildman–Crippen LogP) is 3.54. The molecule has 0 saturated carbocycles. The van der Waals surface area contributed by atoms with Gasteiger partial charge >= 0.3 is 0 Å². The van der Waals surface area contributed by atoms with E-state index in [0.717, 1.165) is 18.8 Å². The molecule has 2 aromatic carbocycles. The van der Waals surface area contributed by atoms with Crippen molar-refractivity contribution < 1.29 is 0 Å². The number of benzene rings is 2. The highest BCUT2D eigenvalue weighted by atomic mass is 32.1. The lowest BCUT2D eigenvalue weighted by Gasteiger charge is -2.16. The largest absolute Gasteiger partial charge is 0.358 e. The number of rotatable bonds is 5. The number of hydrogen-bond acceptors (Lipinski definition) is 2. The molecule has 22 heavy (non-hydrogen) atoms. The molecular weight excluding hydrogens is 290 g/mol. The molecule has 2 N–H and O–H groups in total. The minimum atomic E-state index is 0.644. The maximum atomic E-state index is 5.38. The van der Waals surface area contributed by atoms with Crippen LogP contribution in [0.3, 0.4) is 0 Å². The third-order valence-corrected chi connectivity index (χ3v) is 3.57. The van der Waals surface area contributed by atoms with E-state index in [0.29, 0.717) is 5.11 Å². The molecule has 2 aromatic rings. The van der Waals surface area contributed by atoms with Crippen molar-refractivity contribution in [1.29, 1.82) is 0 Å². The normalized spacial score (nSPS) is 10.5. The van der Waals surface area contributed by atoms with E-state index in [1.54, 1.807) is 0 Å². The summed E-state index contributed by atoms with van der Waals surface area (Å²) in [7, 11) is 4.16. The van der Waals surface area contributed by atoms with Crippen LogP contribution in [0.4, 0.5) is 5.69 Å². The summed E-state index contributed by atoms with van der Waals surface area (Å²) in [6, 6.07) is 16.6. The van der Waals surface area contributed by atoms with Gasteiger partial charge in [0, 0.05) is 18.8 Å². The monoisotopic (exact) mass is 313 g/mol. The molecule has 0 aliphatic carbocycles. The van der Waals surface area contributed by atoms with Gasteiger partial charge in [-0.15, -0.1) is 0 Å². The number of thiocarbonyl (C=S) groups is 1. The Bertz CT molecular complexity index is 638. The standard InChI is InChI=1S/C18H23N3S/c1-14-7-6-10-17(11-14)20-18(22)19-12-15-8-4-5-9-16(15)13-21(2)3/h4-11H,12-13H2,1-3H3,(H2,19,20,22). The minimum Gasteiger partial charge on any atom is -0.358 e. The summed E-state index contributed by atoms with van der Waals surface area (Å²) >= 11 is 5.38. The van der Waals surface area contributed by atoms with E-state index in [-0.39, 0.29) is 0 Å². The Hall–Kier alpha value is -1.91. The van der Waals surface area contributed by atoms with Gasteiger partial charge in [0.25, 0.3) is 0 Å². The highest BCUT2D eigenvalue weighted by Crippen LogP contribution is 2.11. The first kappa shape index (κ1) is 16.5. The van der Waals surface area contributed by atoms with Crippen molar-refractivity contribution in [1.82, 2.24) is 10.2 Å². The van der Waals surface area contributed by atoms with Crippen LogP contribution in [0, 0.1) is 6.92 Å². The van der Waals surface area contributed by atoms with Crippen molar-refractivity contribution in [2.45, 2.75) is 20.0 Å². The number of aryl methyl sites for hydroxylation is 1. The van der Waals surface area contributed by atoms with Crippen LogP contribution in [-0.2, 0) is 13.1 Å². The van der Waals surface area contributed by atoms with Crippen LogP contribution < -0.4 is 10.6 Å². The van der Waals surface area contributed by atoms with Gasteiger partial charge in [-0.25, -0.2) is 0 Å². The van der Waals surface area contributed by atoms with Crippen LogP contribution in [0.5, 0.6) is 0 Å². The molecule has 0 unspecified atom stereocenters. The van der Waals surface area contributed by atoms with Crippen LogP contribution in [0.1, 0.15) is 16.7 Å². The molecule has 116 valence electrons. The van der Waals surface area contributed by atoms with E-state index in [9.17, 15) is 0 Å². The van der Waals surface area contributed by atoms with Crippen LogP contribution in [0.15, 0.2) is 48.5 Å².